The number of allylic oxidation sites excluding steroid dienone is 1. The van der Waals surface area contributed by atoms with E-state index in [9.17, 15) is 24.6 Å². The number of β-lactam (4-membered cyclic amide) rings is 1. The van der Waals surface area contributed by atoms with E-state index in [1.165, 1.54) is 40.9 Å². The number of nitrogens with one attached hydrogen (secondary N) is 1. The van der Waals surface area contributed by atoms with Gasteiger partial charge in [0.25, 0.3) is 5.91 Å². The second kappa shape index (κ2) is 8.07. The van der Waals surface area contributed by atoms with Gasteiger partial charge in [-0.1, -0.05) is 18.2 Å². The van der Waals surface area contributed by atoms with E-state index in [-0.39, 0.29) is 11.4 Å². The number of nitrogens with zero attached hydrogens (tertiary/aromatic N) is 1. The van der Waals surface area contributed by atoms with Crippen LogP contribution >= 0.6 is 11.8 Å². The summed E-state index contributed by atoms with van der Waals surface area (Å²) in [7, 11) is 0. The van der Waals surface area contributed by atoms with Gasteiger partial charge in [-0.2, -0.15) is 0 Å². The molecule has 28 heavy (non-hydrogen) atoms. The predicted molar refractivity (Wildman–Crippen MR) is 104 cm³/mol. The summed E-state index contributed by atoms with van der Waals surface area (Å²) >= 11 is 1.42. The largest absolute Gasteiger partial charge is 0.508 e. The molecule has 3 atom stereocenters. The highest BCUT2D eigenvalue weighted by molar-refractivity contribution is 8.00. The van der Waals surface area contributed by atoms with Gasteiger partial charge >= 0.3 is 5.97 Å². The molecule has 0 aliphatic carbocycles. The standard InChI is InChI=1S/C19H21N3O5S/c1-2-3-4-11-9-28-18-14(17(25)22(18)15(11)19(26)27)21-16(24)13(20)10-5-7-12(23)8-6-10/h2,5-8,13-14,18,23H,1,3-4,9,20H2,(H,21,24)(H,26,27)/t13?,14?,18-/m1/s1. The molecule has 8 nitrogen and oxygen atoms in total. The number of carbonyl (C=O) groups is 3. The van der Waals surface area contributed by atoms with Crippen LogP contribution in [-0.2, 0) is 14.4 Å². The first kappa shape index (κ1) is 20.0. The van der Waals surface area contributed by atoms with Gasteiger partial charge in [-0.3, -0.25) is 14.5 Å². The first-order valence-electron chi connectivity index (χ1n) is 8.71. The van der Waals surface area contributed by atoms with Crippen LogP contribution in [0.15, 0.2) is 48.2 Å². The molecule has 0 spiro atoms. The maximum Gasteiger partial charge on any atom is 0.352 e. The molecule has 0 aromatic heterocycles. The highest BCUT2D eigenvalue weighted by Crippen LogP contribution is 2.41. The van der Waals surface area contributed by atoms with Gasteiger partial charge in [-0.15, -0.1) is 18.3 Å². The van der Waals surface area contributed by atoms with Crippen LogP contribution in [0.4, 0.5) is 0 Å². The number of amides is 2. The number of rotatable bonds is 7. The van der Waals surface area contributed by atoms with Crippen LogP contribution in [0.1, 0.15) is 24.4 Å². The fourth-order valence-corrected chi connectivity index (χ4v) is 4.62. The Morgan fingerprint density at radius 3 is 2.68 bits per heavy atom. The van der Waals surface area contributed by atoms with E-state index in [1.54, 1.807) is 6.08 Å². The fraction of sp³-hybridized carbons (Fsp3) is 0.316. The molecule has 0 bridgehead atoms. The van der Waals surface area contributed by atoms with Crippen molar-refractivity contribution in [2.75, 3.05) is 5.75 Å². The van der Waals surface area contributed by atoms with Gasteiger partial charge in [0.2, 0.25) is 5.91 Å². The summed E-state index contributed by atoms with van der Waals surface area (Å²) in [4.78, 5) is 38.0. The van der Waals surface area contributed by atoms with Crippen molar-refractivity contribution in [3.05, 3.63) is 53.8 Å². The van der Waals surface area contributed by atoms with E-state index in [0.717, 1.165) is 0 Å². The molecule has 2 aliphatic rings. The lowest BCUT2D eigenvalue weighted by molar-refractivity contribution is -0.150. The predicted octanol–water partition coefficient (Wildman–Crippen LogP) is 1.10. The van der Waals surface area contributed by atoms with Crippen molar-refractivity contribution in [3.63, 3.8) is 0 Å². The van der Waals surface area contributed by atoms with Gasteiger partial charge in [0.15, 0.2) is 0 Å². The lowest BCUT2D eigenvalue weighted by Crippen LogP contribution is -2.71. The number of carboxylic acid groups (broad SMARTS) is 1. The van der Waals surface area contributed by atoms with Gasteiger partial charge in [0.05, 0.1) is 0 Å². The van der Waals surface area contributed by atoms with Crippen LogP contribution in [0.2, 0.25) is 0 Å². The van der Waals surface area contributed by atoms with E-state index >= 15 is 0 Å². The third-order valence-corrected chi connectivity index (χ3v) is 6.07. The molecule has 0 saturated carbocycles. The van der Waals surface area contributed by atoms with E-state index < -0.39 is 35.2 Å². The molecule has 2 aliphatic heterocycles. The Morgan fingerprint density at radius 2 is 2.07 bits per heavy atom. The zero-order chi connectivity index (χ0) is 20.4. The first-order valence-corrected chi connectivity index (χ1v) is 9.75. The van der Waals surface area contributed by atoms with Crippen molar-refractivity contribution < 1.29 is 24.6 Å². The second-order valence-corrected chi connectivity index (χ2v) is 7.65. The summed E-state index contributed by atoms with van der Waals surface area (Å²) < 4.78 is 0. The van der Waals surface area contributed by atoms with Gasteiger partial charge in [-0.05, 0) is 36.1 Å². The zero-order valence-corrected chi connectivity index (χ0v) is 15.8. The second-order valence-electron chi connectivity index (χ2n) is 6.55. The van der Waals surface area contributed by atoms with E-state index in [1.807, 2.05) is 0 Å². The highest BCUT2D eigenvalue weighted by Gasteiger charge is 2.54. The molecule has 148 valence electrons. The molecule has 9 heteroatoms. The molecular weight excluding hydrogens is 382 g/mol. The monoisotopic (exact) mass is 403 g/mol. The SMILES string of the molecule is C=CCCC1=C(C(=O)O)N2C(=O)C(NC(=O)C(N)c3ccc(O)cc3)[C@H]2SC1. The van der Waals surface area contributed by atoms with Crippen LogP contribution in [-0.4, -0.2) is 50.1 Å². The van der Waals surface area contributed by atoms with Crippen LogP contribution < -0.4 is 11.1 Å². The smallest absolute Gasteiger partial charge is 0.352 e. The summed E-state index contributed by atoms with van der Waals surface area (Å²) in [6, 6.07) is 4.07. The number of fused-ring (bicyclic) bond motifs is 1. The van der Waals surface area contributed by atoms with Crippen molar-refractivity contribution in [2.24, 2.45) is 5.73 Å². The molecule has 1 aromatic rings. The van der Waals surface area contributed by atoms with Crippen LogP contribution in [0.25, 0.3) is 0 Å². The number of benzene rings is 1. The zero-order valence-electron chi connectivity index (χ0n) is 15.0. The van der Waals surface area contributed by atoms with Crippen molar-refractivity contribution in [1.29, 1.82) is 0 Å². The molecule has 1 saturated heterocycles. The minimum Gasteiger partial charge on any atom is -0.508 e. The summed E-state index contributed by atoms with van der Waals surface area (Å²) in [5.74, 6) is -1.62. The number of phenols is 1. The third kappa shape index (κ3) is 3.63. The molecule has 0 radical (unpaired) electrons. The average molecular weight is 403 g/mol. The fourth-order valence-electron chi connectivity index (χ4n) is 3.23. The summed E-state index contributed by atoms with van der Waals surface area (Å²) in [5.41, 5.74) is 7.13. The van der Waals surface area contributed by atoms with Gasteiger partial charge < -0.3 is 21.3 Å². The number of phenolic OH excluding ortho intramolecular Hbond substituents is 1. The quantitative estimate of drug-likeness (QED) is 0.396. The number of hydrogen-bond donors (Lipinski definition) is 4. The summed E-state index contributed by atoms with van der Waals surface area (Å²) in [5, 5.41) is 21.0. The van der Waals surface area contributed by atoms with E-state index in [2.05, 4.69) is 11.9 Å². The Balaban J connectivity index is 1.72. The number of aromatic hydroxyl groups is 1. The molecular formula is C19H21N3O5S. The van der Waals surface area contributed by atoms with Crippen molar-refractivity contribution in [2.45, 2.75) is 30.3 Å². The number of carboxylic acids is 1. The average Bonchev–Trinajstić information content (AvgIpc) is 2.69. The van der Waals surface area contributed by atoms with Crippen LogP contribution in [0, 0.1) is 0 Å². The van der Waals surface area contributed by atoms with Gasteiger partial charge in [-0.25, -0.2) is 4.79 Å². The van der Waals surface area contributed by atoms with Crippen molar-refractivity contribution in [3.8, 4) is 5.75 Å². The maximum atomic E-state index is 12.6. The normalized spacial score (nSPS) is 22.2. The number of hydrogen-bond acceptors (Lipinski definition) is 6. The minimum absolute atomic E-state index is 0.00364. The van der Waals surface area contributed by atoms with Gasteiger partial charge in [0.1, 0.15) is 28.9 Å². The lowest BCUT2D eigenvalue weighted by atomic mass is 9.99. The Bertz CT molecular complexity index is 852. The number of carbonyl (C=O) groups excluding carboxylic acids is 2. The number of nitrogens with two attached hydrogens (primary N) is 1. The van der Waals surface area contributed by atoms with Gasteiger partial charge in [0, 0.05) is 5.75 Å². The maximum absolute atomic E-state index is 12.6. The molecule has 2 amide bonds. The first-order chi connectivity index (χ1) is 13.3. The molecule has 3 rings (SSSR count). The van der Waals surface area contributed by atoms with E-state index in [0.29, 0.717) is 29.7 Å². The molecule has 2 heterocycles. The number of thioether (sulfide) groups is 1. The summed E-state index contributed by atoms with van der Waals surface area (Å²) in [6.07, 6.45) is 2.85. The third-order valence-electron chi connectivity index (χ3n) is 4.73. The summed E-state index contributed by atoms with van der Waals surface area (Å²) in [6.45, 7) is 3.64. The Morgan fingerprint density at radius 1 is 1.39 bits per heavy atom. The highest BCUT2D eigenvalue weighted by atomic mass is 32.2. The van der Waals surface area contributed by atoms with Crippen molar-refractivity contribution in [1.82, 2.24) is 10.2 Å². The Kier molecular flexibility index (Phi) is 5.76. The molecule has 5 N–H and O–H groups in total. The Hall–Kier alpha value is -2.78. The number of aliphatic carboxylic acids is 1. The minimum atomic E-state index is -1.15. The topological polar surface area (TPSA) is 133 Å². The lowest BCUT2D eigenvalue weighted by Gasteiger charge is -2.49. The molecule has 2 unspecified atom stereocenters. The van der Waals surface area contributed by atoms with E-state index in [4.69, 9.17) is 5.73 Å². The van der Waals surface area contributed by atoms with Crippen molar-refractivity contribution >= 4 is 29.5 Å². The molecule has 1 fully saturated rings. The van der Waals surface area contributed by atoms with Crippen LogP contribution in [0.3, 0.4) is 0 Å². The van der Waals surface area contributed by atoms with Crippen LogP contribution in [0.5, 0.6) is 5.75 Å². The Labute approximate surface area is 166 Å². The molecule has 1 aromatic carbocycles.